The molecule has 1 aromatic heterocycles. The first-order valence-electron chi connectivity index (χ1n) is 8.71. The van der Waals surface area contributed by atoms with Crippen molar-refractivity contribution >= 4 is 6.03 Å². The first kappa shape index (κ1) is 17.4. The Morgan fingerprint density at radius 1 is 1.48 bits per heavy atom. The molecular weight excluding hydrogens is 318 g/mol. The zero-order valence-electron chi connectivity index (χ0n) is 14.7. The van der Waals surface area contributed by atoms with E-state index in [4.69, 9.17) is 4.74 Å². The predicted molar refractivity (Wildman–Crippen MR) is 94.8 cm³/mol. The Hall–Kier alpha value is -2.41. The molecule has 0 unspecified atom stereocenters. The highest BCUT2D eigenvalue weighted by Gasteiger charge is 2.26. The fraction of sp³-hybridized carbons (Fsp3) is 0.500. The second-order valence-electron chi connectivity index (χ2n) is 6.78. The molecule has 7 nitrogen and oxygen atoms in total. The molecule has 1 aliphatic heterocycles. The summed E-state index contributed by atoms with van der Waals surface area (Å²) >= 11 is 0. The van der Waals surface area contributed by atoms with E-state index in [0.717, 1.165) is 36.5 Å². The maximum absolute atomic E-state index is 12.3. The minimum Gasteiger partial charge on any atom is -0.376 e. The fourth-order valence-electron chi connectivity index (χ4n) is 2.84. The number of hydrogen-bond acceptors (Lipinski definition) is 4. The third kappa shape index (κ3) is 4.79. The van der Waals surface area contributed by atoms with Gasteiger partial charge in [-0.2, -0.15) is 5.10 Å². The van der Waals surface area contributed by atoms with Gasteiger partial charge < -0.3 is 15.0 Å². The summed E-state index contributed by atoms with van der Waals surface area (Å²) in [6, 6.07) is 7.85. The molecule has 2 heterocycles. The maximum Gasteiger partial charge on any atom is 0.317 e. The van der Waals surface area contributed by atoms with Gasteiger partial charge in [-0.05, 0) is 24.0 Å². The molecule has 7 heteroatoms. The van der Waals surface area contributed by atoms with E-state index in [1.54, 1.807) is 0 Å². The molecule has 2 N–H and O–H groups in total. The van der Waals surface area contributed by atoms with E-state index in [9.17, 15) is 4.79 Å². The molecule has 3 rings (SSSR count). The standard InChI is InChI=1S/C18H25N5O2/c1-13(2)11-25-16-6-7-23(10-16)18(24)19-9-14-4-3-5-15(8-14)17-20-12-21-22-17/h3-5,8,12-13,16H,6-7,9-11H2,1-2H3,(H,19,24)(H,20,21,22)/t16-/m0/s1. The zero-order valence-corrected chi connectivity index (χ0v) is 14.7. The van der Waals surface area contributed by atoms with Gasteiger partial charge in [-0.3, -0.25) is 5.10 Å². The van der Waals surface area contributed by atoms with Crippen molar-refractivity contribution in [1.82, 2.24) is 25.4 Å². The second-order valence-corrected chi connectivity index (χ2v) is 6.78. The number of carbonyl (C=O) groups is 1. The highest BCUT2D eigenvalue weighted by atomic mass is 16.5. The average molecular weight is 343 g/mol. The van der Waals surface area contributed by atoms with Gasteiger partial charge in [-0.15, -0.1) is 0 Å². The van der Waals surface area contributed by atoms with Crippen LogP contribution in [0.1, 0.15) is 25.8 Å². The Labute approximate surface area is 147 Å². The molecule has 0 saturated carbocycles. The SMILES string of the molecule is CC(C)CO[C@H]1CCN(C(=O)NCc2cccc(-c3ncn[nH]3)c2)C1. The third-order valence-corrected chi connectivity index (χ3v) is 4.16. The minimum absolute atomic E-state index is 0.0410. The summed E-state index contributed by atoms with van der Waals surface area (Å²) in [7, 11) is 0. The molecule has 25 heavy (non-hydrogen) atoms. The van der Waals surface area contributed by atoms with E-state index in [1.165, 1.54) is 6.33 Å². The molecule has 134 valence electrons. The lowest BCUT2D eigenvalue weighted by Crippen LogP contribution is -2.38. The molecular formula is C18H25N5O2. The number of benzene rings is 1. The van der Waals surface area contributed by atoms with Crippen LogP contribution >= 0.6 is 0 Å². The first-order chi connectivity index (χ1) is 12.1. The van der Waals surface area contributed by atoms with E-state index >= 15 is 0 Å². The number of H-pyrrole nitrogens is 1. The highest BCUT2D eigenvalue weighted by Crippen LogP contribution is 2.16. The quantitative estimate of drug-likeness (QED) is 0.844. The summed E-state index contributed by atoms with van der Waals surface area (Å²) in [5, 5.41) is 9.69. The van der Waals surface area contributed by atoms with Crippen molar-refractivity contribution in [1.29, 1.82) is 0 Å². The van der Waals surface area contributed by atoms with Crippen LogP contribution in [0.25, 0.3) is 11.4 Å². The third-order valence-electron chi connectivity index (χ3n) is 4.16. The Kier molecular flexibility index (Phi) is 5.65. The van der Waals surface area contributed by atoms with Crippen LogP contribution in [-0.2, 0) is 11.3 Å². The van der Waals surface area contributed by atoms with Gasteiger partial charge in [0.25, 0.3) is 0 Å². The van der Waals surface area contributed by atoms with Crippen molar-refractivity contribution < 1.29 is 9.53 Å². The number of hydrogen-bond donors (Lipinski definition) is 2. The molecule has 0 spiro atoms. The van der Waals surface area contributed by atoms with Crippen LogP contribution in [-0.4, -0.2) is 51.9 Å². The summed E-state index contributed by atoms with van der Waals surface area (Å²) in [5.41, 5.74) is 1.97. The van der Waals surface area contributed by atoms with Crippen molar-refractivity contribution in [3.05, 3.63) is 36.2 Å². The number of nitrogens with zero attached hydrogens (tertiary/aromatic N) is 3. The van der Waals surface area contributed by atoms with Crippen molar-refractivity contribution in [3.8, 4) is 11.4 Å². The summed E-state index contributed by atoms with van der Waals surface area (Å²) in [5.74, 6) is 1.23. The van der Waals surface area contributed by atoms with E-state index in [1.807, 2.05) is 29.2 Å². The van der Waals surface area contributed by atoms with Crippen LogP contribution in [0.3, 0.4) is 0 Å². The number of nitrogens with one attached hydrogen (secondary N) is 2. The molecule has 0 aliphatic carbocycles. The van der Waals surface area contributed by atoms with E-state index in [-0.39, 0.29) is 12.1 Å². The fourth-order valence-corrected chi connectivity index (χ4v) is 2.84. The van der Waals surface area contributed by atoms with Gasteiger partial charge in [0.2, 0.25) is 0 Å². The predicted octanol–water partition coefficient (Wildman–Crippen LogP) is 2.43. The number of aromatic nitrogens is 3. The van der Waals surface area contributed by atoms with E-state index in [0.29, 0.717) is 19.0 Å². The minimum atomic E-state index is -0.0410. The Morgan fingerprint density at radius 2 is 2.36 bits per heavy atom. The van der Waals surface area contributed by atoms with Crippen LogP contribution in [0.2, 0.25) is 0 Å². The first-order valence-corrected chi connectivity index (χ1v) is 8.71. The molecule has 1 aliphatic rings. The Morgan fingerprint density at radius 3 is 3.12 bits per heavy atom. The van der Waals surface area contributed by atoms with Gasteiger partial charge >= 0.3 is 6.03 Å². The number of amides is 2. The Balaban J connectivity index is 1.49. The number of carbonyl (C=O) groups excluding carboxylic acids is 1. The number of rotatable bonds is 6. The summed E-state index contributed by atoms with van der Waals surface area (Å²) in [6.45, 7) is 6.89. The largest absolute Gasteiger partial charge is 0.376 e. The average Bonchev–Trinajstić information content (AvgIpc) is 3.29. The van der Waals surface area contributed by atoms with Crippen LogP contribution in [0.15, 0.2) is 30.6 Å². The van der Waals surface area contributed by atoms with E-state index in [2.05, 4.69) is 34.3 Å². The van der Waals surface area contributed by atoms with Crippen LogP contribution in [0.5, 0.6) is 0 Å². The molecule has 2 amide bonds. The molecule has 1 fully saturated rings. The van der Waals surface area contributed by atoms with Gasteiger partial charge in [-0.1, -0.05) is 32.0 Å². The van der Waals surface area contributed by atoms with Crippen LogP contribution in [0, 0.1) is 5.92 Å². The highest BCUT2D eigenvalue weighted by molar-refractivity contribution is 5.74. The number of likely N-dealkylation sites (tertiary alicyclic amines) is 1. The molecule has 1 atom stereocenters. The molecule has 1 saturated heterocycles. The Bertz CT molecular complexity index is 687. The number of urea groups is 1. The number of aromatic amines is 1. The van der Waals surface area contributed by atoms with Gasteiger partial charge in [0.15, 0.2) is 5.82 Å². The van der Waals surface area contributed by atoms with Crippen LogP contribution in [0.4, 0.5) is 4.79 Å². The monoisotopic (exact) mass is 343 g/mol. The topological polar surface area (TPSA) is 83.1 Å². The lowest BCUT2D eigenvalue weighted by Gasteiger charge is -2.18. The molecule has 0 bridgehead atoms. The zero-order chi connectivity index (χ0) is 17.6. The van der Waals surface area contributed by atoms with Crippen LogP contribution < -0.4 is 5.32 Å². The van der Waals surface area contributed by atoms with Gasteiger partial charge in [0.05, 0.1) is 6.10 Å². The molecule has 0 radical (unpaired) electrons. The molecule has 1 aromatic carbocycles. The lowest BCUT2D eigenvalue weighted by atomic mass is 10.1. The second kappa shape index (κ2) is 8.11. The maximum atomic E-state index is 12.3. The molecule has 2 aromatic rings. The van der Waals surface area contributed by atoms with Gasteiger partial charge in [-0.25, -0.2) is 9.78 Å². The smallest absolute Gasteiger partial charge is 0.317 e. The van der Waals surface area contributed by atoms with Gasteiger partial charge in [0, 0.05) is 31.8 Å². The van der Waals surface area contributed by atoms with Crippen molar-refractivity contribution in [2.24, 2.45) is 5.92 Å². The van der Waals surface area contributed by atoms with Gasteiger partial charge in [0.1, 0.15) is 6.33 Å². The lowest BCUT2D eigenvalue weighted by molar-refractivity contribution is 0.0436. The summed E-state index contributed by atoms with van der Waals surface area (Å²) < 4.78 is 5.83. The number of ether oxygens (including phenoxy) is 1. The van der Waals surface area contributed by atoms with Crippen molar-refractivity contribution in [3.63, 3.8) is 0 Å². The van der Waals surface area contributed by atoms with E-state index < -0.39 is 0 Å². The summed E-state index contributed by atoms with van der Waals surface area (Å²) in [6.07, 6.45) is 2.54. The summed E-state index contributed by atoms with van der Waals surface area (Å²) in [4.78, 5) is 18.3. The normalized spacial score (nSPS) is 17.2. The van der Waals surface area contributed by atoms with Crippen molar-refractivity contribution in [2.45, 2.75) is 32.9 Å². The van der Waals surface area contributed by atoms with Crippen molar-refractivity contribution in [2.75, 3.05) is 19.7 Å².